The van der Waals surface area contributed by atoms with E-state index < -0.39 is 5.60 Å². The van der Waals surface area contributed by atoms with Crippen molar-refractivity contribution in [3.63, 3.8) is 0 Å². The normalized spacial score (nSPS) is 21.3. The molecule has 0 spiro atoms. The highest BCUT2D eigenvalue weighted by molar-refractivity contribution is 5.77. The smallest absolute Gasteiger partial charge is 0.410 e. The second-order valence-corrected chi connectivity index (χ2v) is 6.08. The number of carbonyl (C=O) groups excluding carboxylic acids is 2. The van der Waals surface area contributed by atoms with Gasteiger partial charge in [0.1, 0.15) is 11.4 Å². The van der Waals surface area contributed by atoms with Crippen LogP contribution in [0.5, 0.6) is 0 Å². The standard InChI is InChI=1S/C14H25NO3/c1-11(16)10-12-8-6-5-7-9-15(12)13(17)18-14(2,3)4/h12H,5-10H2,1-4H3/t12-/m1/s1. The molecule has 0 bridgehead atoms. The maximum atomic E-state index is 12.2. The van der Waals surface area contributed by atoms with Gasteiger partial charge in [-0.05, 0) is 40.5 Å². The van der Waals surface area contributed by atoms with Crippen LogP contribution in [0.3, 0.4) is 0 Å². The van der Waals surface area contributed by atoms with Gasteiger partial charge in [-0.3, -0.25) is 4.79 Å². The first-order valence-electron chi connectivity index (χ1n) is 6.78. The van der Waals surface area contributed by atoms with E-state index in [2.05, 4.69) is 0 Å². The van der Waals surface area contributed by atoms with Crippen LogP contribution >= 0.6 is 0 Å². The molecule has 0 aliphatic carbocycles. The number of nitrogens with zero attached hydrogens (tertiary/aromatic N) is 1. The monoisotopic (exact) mass is 255 g/mol. The zero-order chi connectivity index (χ0) is 13.8. The SMILES string of the molecule is CC(=O)C[C@H]1CCCCCN1C(=O)OC(C)(C)C. The van der Waals surface area contributed by atoms with Crippen molar-refractivity contribution in [2.75, 3.05) is 6.54 Å². The lowest BCUT2D eigenvalue weighted by Crippen LogP contribution is -2.43. The van der Waals surface area contributed by atoms with Crippen molar-refractivity contribution in [2.24, 2.45) is 0 Å². The molecule has 0 N–H and O–H groups in total. The van der Waals surface area contributed by atoms with Crippen LogP contribution in [0.1, 0.15) is 59.8 Å². The number of hydrogen-bond acceptors (Lipinski definition) is 3. The molecule has 4 heteroatoms. The average Bonchev–Trinajstić information content (AvgIpc) is 2.39. The molecule has 1 fully saturated rings. The summed E-state index contributed by atoms with van der Waals surface area (Å²) >= 11 is 0. The van der Waals surface area contributed by atoms with Crippen LogP contribution < -0.4 is 0 Å². The zero-order valence-electron chi connectivity index (χ0n) is 12.0. The molecule has 4 nitrogen and oxygen atoms in total. The van der Waals surface area contributed by atoms with Gasteiger partial charge in [-0.2, -0.15) is 0 Å². The van der Waals surface area contributed by atoms with Crippen LogP contribution in [0.25, 0.3) is 0 Å². The Hall–Kier alpha value is -1.06. The predicted octanol–water partition coefficient (Wildman–Crippen LogP) is 3.15. The van der Waals surface area contributed by atoms with Crippen molar-refractivity contribution in [3.05, 3.63) is 0 Å². The topological polar surface area (TPSA) is 46.6 Å². The van der Waals surface area contributed by atoms with Gasteiger partial charge in [-0.25, -0.2) is 4.79 Å². The van der Waals surface area contributed by atoms with Crippen LogP contribution in [0.4, 0.5) is 4.79 Å². The summed E-state index contributed by atoms with van der Waals surface area (Å²) in [6.45, 7) is 7.87. The van der Waals surface area contributed by atoms with Gasteiger partial charge in [0.2, 0.25) is 0 Å². The Labute approximate surface area is 110 Å². The molecule has 1 amide bonds. The first-order valence-corrected chi connectivity index (χ1v) is 6.78. The van der Waals surface area contributed by atoms with Crippen molar-refractivity contribution in [1.82, 2.24) is 4.90 Å². The molecular weight excluding hydrogens is 230 g/mol. The summed E-state index contributed by atoms with van der Waals surface area (Å²) in [6, 6.07) is 0.0137. The van der Waals surface area contributed by atoms with E-state index >= 15 is 0 Å². The summed E-state index contributed by atoms with van der Waals surface area (Å²) < 4.78 is 5.42. The lowest BCUT2D eigenvalue weighted by Gasteiger charge is -2.31. The Morgan fingerprint density at radius 1 is 1.22 bits per heavy atom. The first-order chi connectivity index (χ1) is 8.29. The van der Waals surface area contributed by atoms with Crippen molar-refractivity contribution in [3.8, 4) is 0 Å². The Morgan fingerprint density at radius 3 is 2.44 bits per heavy atom. The summed E-state index contributed by atoms with van der Waals surface area (Å²) in [5.74, 6) is 0.135. The second kappa shape index (κ2) is 6.21. The highest BCUT2D eigenvalue weighted by Crippen LogP contribution is 2.22. The molecule has 1 aliphatic rings. The van der Waals surface area contributed by atoms with Gasteiger partial charge in [-0.1, -0.05) is 12.8 Å². The fourth-order valence-electron chi connectivity index (χ4n) is 2.28. The zero-order valence-corrected chi connectivity index (χ0v) is 12.0. The second-order valence-electron chi connectivity index (χ2n) is 6.08. The van der Waals surface area contributed by atoms with E-state index in [4.69, 9.17) is 4.74 Å². The minimum Gasteiger partial charge on any atom is -0.444 e. The van der Waals surface area contributed by atoms with Crippen LogP contribution in [0, 0.1) is 0 Å². The largest absolute Gasteiger partial charge is 0.444 e. The Kier molecular flexibility index (Phi) is 5.17. The van der Waals surface area contributed by atoms with Crippen molar-refractivity contribution < 1.29 is 14.3 Å². The van der Waals surface area contributed by atoms with E-state index in [1.807, 2.05) is 20.8 Å². The number of rotatable bonds is 2. The number of hydrogen-bond donors (Lipinski definition) is 0. The van der Waals surface area contributed by atoms with E-state index in [1.165, 1.54) is 0 Å². The first kappa shape index (κ1) is 15.0. The van der Waals surface area contributed by atoms with E-state index in [9.17, 15) is 9.59 Å². The molecule has 0 aromatic rings. The van der Waals surface area contributed by atoms with Crippen LogP contribution in [0.2, 0.25) is 0 Å². The molecule has 1 aliphatic heterocycles. The third-order valence-electron chi connectivity index (χ3n) is 3.03. The molecule has 0 unspecified atom stereocenters. The maximum Gasteiger partial charge on any atom is 0.410 e. The van der Waals surface area contributed by atoms with E-state index in [-0.39, 0.29) is 17.9 Å². The maximum absolute atomic E-state index is 12.2. The van der Waals surface area contributed by atoms with Crippen molar-refractivity contribution in [2.45, 2.75) is 71.4 Å². The van der Waals surface area contributed by atoms with E-state index in [0.717, 1.165) is 25.7 Å². The Bertz CT molecular complexity index is 307. The highest BCUT2D eigenvalue weighted by atomic mass is 16.6. The summed E-state index contributed by atoms with van der Waals surface area (Å²) in [6.07, 6.45) is 4.26. The fraction of sp³-hybridized carbons (Fsp3) is 0.857. The molecule has 104 valence electrons. The lowest BCUT2D eigenvalue weighted by molar-refractivity contribution is -0.118. The van der Waals surface area contributed by atoms with Gasteiger partial charge >= 0.3 is 6.09 Å². The van der Waals surface area contributed by atoms with Gasteiger partial charge < -0.3 is 9.64 Å². The van der Waals surface area contributed by atoms with Gasteiger partial charge in [0, 0.05) is 19.0 Å². The molecule has 0 radical (unpaired) electrons. The predicted molar refractivity (Wildman–Crippen MR) is 70.5 cm³/mol. The molecule has 1 saturated heterocycles. The van der Waals surface area contributed by atoms with Crippen LogP contribution in [-0.2, 0) is 9.53 Å². The van der Waals surface area contributed by atoms with Crippen molar-refractivity contribution in [1.29, 1.82) is 0 Å². The van der Waals surface area contributed by atoms with E-state index in [0.29, 0.717) is 13.0 Å². The van der Waals surface area contributed by atoms with Gasteiger partial charge in [0.05, 0.1) is 0 Å². The molecule has 0 aromatic carbocycles. The Morgan fingerprint density at radius 2 is 1.89 bits per heavy atom. The number of amides is 1. The Balaban J connectivity index is 2.72. The van der Waals surface area contributed by atoms with Crippen LogP contribution in [0.15, 0.2) is 0 Å². The lowest BCUT2D eigenvalue weighted by atomic mass is 10.0. The summed E-state index contributed by atoms with van der Waals surface area (Å²) in [7, 11) is 0. The van der Waals surface area contributed by atoms with Gasteiger partial charge in [0.15, 0.2) is 0 Å². The molecule has 0 saturated carbocycles. The quantitative estimate of drug-likeness (QED) is 0.761. The fourth-order valence-corrected chi connectivity index (χ4v) is 2.28. The molecular formula is C14H25NO3. The number of likely N-dealkylation sites (tertiary alicyclic amines) is 1. The highest BCUT2D eigenvalue weighted by Gasteiger charge is 2.29. The minimum atomic E-state index is -0.482. The third kappa shape index (κ3) is 5.07. The summed E-state index contributed by atoms with van der Waals surface area (Å²) in [5.41, 5.74) is -0.482. The van der Waals surface area contributed by atoms with Crippen molar-refractivity contribution >= 4 is 11.9 Å². The molecule has 18 heavy (non-hydrogen) atoms. The minimum absolute atomic E-state index is 0.0137. The van der Waals surface area contributed by atoms with Crippen LogP contribution in [-0.4, -0.2) is 35.0 Å². The number of ketones is 1. The number of ether oxygens (including phenoxy) is 1. The molecule has 0 aromatic heterocycles. The summed E-state index contributed by atoms with van der Waals surface area (Å²) in [5, 5.41) is 0. The number of carbonyl (C=O) groups is 2. The average molecular weight is 255 g/mol. The molecule has 1 rings (SSSR count). The number of Topliss-reactive ketones (excluding diaryl/α,β-unsaturated/α-hetero) is 1. The van der Waals surface area contributed by atoms with E-state index in [1.54, 1.807) is 11.8 Å². The van der Waals surface area contributed by atoms with Gasteiger partial charge in [0.25, 0.3) is 0 Å². The van der Waals surface area contributed by atoms with Gasteiger partial charge in [-0.15, -0.1) is 0 Å². The molecule has 1 heterocycles. The molecule has 1 atom stereocenters. The summed E-state index contributed by atoms with van der Waals surface area (Å²) in [4.78, 5) is 25.2. The third-order valence-corrected chi connectivity index (χ3v) is 3.03.